The Bertz CT molecular complexity index is 1490. The molecule has 4 heterocycles. The molecule has 36 heavy (non-hydrogen) atoms. The molecule has 0 bridgehead atoms. The fraction of sp³-hybridized carbons (Fsp3) is 0.414. The maximum Gasteiger partial charge on any atom is 0.247 e. The lowest BCUT2D eigenvalue weighted by Crippen LogP contribution is -2.38. The summed E-state index contributed by atoms with van der Waals surface area (Å²) in [5.74, 6) is 2.53. The first-order valence-electron chi connectivity index (χ1n) is 13.3. The van der Waals surface area contributed by atoms with Crippen LogP contribution in [0.25, 0.3) is 44.6 Å². The molecule has 2 aromatic carbocycles. The van der Waals surface area contributed by atoms with Crippen LogP contribution in [0.1, 0.15) is 56.8 Å². The number of hydrogen-bond acceptors (Lipinski definition) is 6. The van der Waals surface area contributed by atoms with E-state index in [2.05, 4.69) is 37.4 Å². The van der Waals surface area contributed by atoms with Crippen molar-refractivity contribution in [1.82, 2.24) is 25.3 Å². The van der Waals surface area contributed by atoms with Gasteiger partial charge in [0.1, 0.15) is 5.58 Å². The van der Waals surface area contributed by atoms with Gasteiger partial charge in [-0.1, -0.05) is 19.3 Å². The molecule has 1 saturated carbocycles. The molecular weight excluding hydrogens is 450 g/mol. The largest absolute Gasteiger partial charge is 0.464 e. The quantitative estimate of drug-likeness (QED) is 0.298. The summed E-state index contributed by atoms with van der Waals surface area (Å²) in [6.45, 7) is 3.44. The summed E-state index contributed by atoms with van der Waals surface area (Å²) >= 11 is 0. The zero-order valence-electron chi connectivity index (χ0n) is 20.4. The zero-order valence-corrected chi connectivity index (χ0v) is 20.4. The Morgan fingerprint density at radius 3 is 2.78 bits per heavy atom. The Morgan fingerprint density at radius 1 is 0.917 bits per heavy atom. The highest BCUT2D eigenvalue weighted by Crippen LogP contribution is 2.34. The third-order valence-corrected chi connectivity index (χ3v) is 8.07. The Hall–Kier alpha value is -3.45. The highest BCUT2D eigenvalue weighted by Gasteiger charge is 2.28. The number of nitrogens with zero attached hydrogens (tertiary/aromatic N) is 4. The molecule has 2 aliphatic rings. The Kier molecular flexibility index (Phi) is 5.58. The van der Waals surface area contributed by atoms with Crippen LogP contribution in [-0.4, -0.2) is 44.9 Å². The first-order chi connectivity index (χ1) is 17.8. The van der Waals surface area contributed by atoms with E-state index in [1.807, 2.05) is 30.3 Å². The van der Waals surface area contributed by atoms with Gasteiger partial charge < -0.3 is 13.7 Å². The number of H-pyrrole nitrogens is 1. The van der Waals surface area contributed by atoms with Gasteiger partial charge in [0.05, 0.1) is 23.4 Å². The Morgan fingerprint density at radius 2 is 1.83 bits per heavy atom. The van der Waals surface area contributed by atoms with E-state index in [0.717, 1.165) is 63.5 Å². The molecule has 1 saturated heterocycles. The van der Waals surface area contributed by atoms with Gasteiger partial charge in [-0.2, -0.15) is 5.10 Å². The summed E-state index contributed by atoms with van der Waals surface area (Å²) in [5.41, 5.74) is 4.71. The number of furan rings is 1. The highest BCUT2D eigenvalue weighted by molar-refractivity contribution is 5.97. The van der Waals surface area contributed by atoms with Crippen molar-refractivity contribution in [3.63, 3.8) is 0 Å². The summed E-state index contributed by atoms with van der Waals surface area (Å²) in [7, 11) is 0. The number of aromatic amines is 1. The van der Waals surface area contributed by atoms with E-state index in [1.54, 1.807) is 6.26 Å². The minimum atomic E-state index is 0.318. The number of nitrogens with one attached hydrogen (secondary N) is 1. The highest BCUT2D eigenvalue weighted by atomic mass is 16.4. The fourth-order valence-electron chi connectivity index (χ4n) is 6.16. The lowest BCUT2D eigenvalue weighted by molar-refractivity contribution is 0.152. The molecule has 1 aliphatic carbocycles. The average Bonchev–Trinajstić information content (AvgIpc) is 3.68. The normalized spacial score (nSPS) is 19.9. The molecule has 1 aliphatic heterocycles. The van der Waals surface area contributed by atoms with Crippen LogP contribution in [0.15, 0.2) is 57.6 Å². The van der Waals surface area contributed by atoms with E-state index in [-0.39, 0.29) is 0 Å². The standard InChI is InChI=1S/C29H31N5O2/c1-2-5-19(6-3-1)17-34-13-4-7-23(18-34)29-33-32-28(36-29)22-8-10-25-24(16-22)27(31-30-25)21-9-11-26-20(15-21)12-14-35-26/h8-12,14-16,19,23H,1-7,13,17-18H2,(H,30,31). The van der Waals surface area contributed by atoms with Gasteiger partial charge in [-0.05, 0) is 80.6 Å². The van der Waals surface area contributed by atoms with Crippen LogP contribution in [0.2, 0.25) is 0 Å². The monoisotopic (exact) mass is 481 g/mol. The van der Waals surface area contributed by atoms with Crippen LogP contribution in [-0.2, 0) is 0 Å². The van der Waals surface area contributed by atoms with Gasteiger partial charge >= 0.3 is 0 Å². The van der Waals surface area contributed by atoms with Crippen LogP contribution in [0.4, 0.5) is 0 Å². The molecule has 1 atom stereocenters. The fourth-order valence-corrected chi connectivity index (χ4v) is 6.16. The van der Waals surface area contributed by atoms with Crippen molar-refractivity contribution in [3.8, 4) is 22.7 Å². The lowest BCUT2D eigenvalue weighted by Gasteiger charge is -2.34. The zero-order chi connectivity index (χ0) is 23.9. The Balaban J connectivity index is 1.13. The van der Waals surface area contributed by atoms with Gasteiger partial charge in [-0.15, -0.1) is 10.2 Å². The average molecular weight is 482 g/mol. The SMILES string of the molecule is c1cc2cc(-c3n[nH]c4ccc(-c5nnc(C6CCCN(CC7CCCCC7)C6)o5)cc34)ccc2o1. The van der Waals surface area contributed by atoms with Crippen molar-refractivity contribution in [3.05, 3.63) is 54.6 Å². The number of likely N-dealkylation sites (tertiary alicyclic amines) is 1. The molecule has 1 unspecified atom stereocenters. The van der Waals surface area contributed by atoms with Crippen molar-refractivity contribution in [1.29, 1.82) is 0 Å². The molecule has 7 nitrogen and oxygen atoms in total. The molecule has 3 aromatic heterocycles. The van der Waals surface area contributed by atoms with E-state index in [0.29, 0.717) is 11.8 Å². The van der Waals surface area contributed by atoms with Crippen LogP contribution in [0.5, 0.6) is 0 Å². The summed E-state index contributed by atoms with van der Waals surface area (Å²) in [5, 5.41) is 18.8. The molecule has 7 heteroatoms. The molecule has 7 rings (SSSR count). The van der Waals surface area contributed by atoms with E-state index < -0.39 is 0 Å². The molecule has 0 radical (unpaired) electrons. The van der Waals surface area contributed by atoms with Crippen molar-refractivity contribution in [2.75, 3.05) is 19.6 Å². The second-order valence-electron chi connectivity index (χ2n) is 10.6. The predicted octanol–water partition coefficient (Wildman–Crippen LogP) is 6.79. The predicted molar refractivity (Wildman–Crippen MR) is 140 cm³/mol. The number of piperidine rings is 1. The number of hydrogen-bond donors (Lipinski definition) is 1. The number of rotatable bonds is 5. The van der Waals surface area contributed by atoms with Crippen LogP contribution in [0, 0.1) is 5.92 Å². The minimum absolute atomic E-state index is 0.318. The lowest BCUT2D eigenvalue weighted by atomic mass is 9.88. The van der Waals surface area contributed by atoms with Gasteiger partial charge in [0, 0.05) is 35.0 Å². The minimum Gasteiger partial charge on any atom is -0.464 e. The van der Waals surface area contributed by atoms with E-state index in [9.17, 15) is 0 Å². The topological polar surface area (TPSA) is 84.0 Å². The first kappa shape index (κ1) is 21.8. The second-order valence-corrected chi connectivity index (χ2v) is 10.6. The Labute approximate surface area is 209 Å². The first-order valence-corrected chi connectivity index (χ1v) is 13.3. The third-order valence-electron chi connectivity index (χ3n) is 8.07. The van der Waals surface area contributed by atoms with Gasteiger partial charge in [-0.25, -0.2) is 0 Å². The van der Waals surface area contributed by atoms with E-state index in [1.165, 1.54) is 51.6 Å². The van der Waals surface area contributed by atoms with Gasteiger partial charge in [0.15, 0.2) is 0 Å². The van der Waals surface area contributed by atoms with Crippen molar-refractivity contribution in [2.24, 2.45) is 5.92 Å². The second kappa shape index (κ2) is 9.21. The summed E-state index contributed by atoms with van der Waals surface area (Å²) < 4.78 is 11.8. The maximum atomic E-state index is 6.27. The third kappa shape index (κ3) is 4.11. The summed E-state index contributed by atoms with van der Waals surface area (Å²) in [6.07, 6.45) is 11.0. The summed E-state index contributed by atoms with van der Waals surface area (Å²) in [6, 6.07) is 14.3. The van der Waals surface area contributed by atoms with E-state index >= 15 is 0 Å². The van der Waals surface area contributed by atoms with Crippen molar-refractivity contribution in [2.45, 2.75) is 50.9 Å². The van der Waals surface area contributed by atoms with Crippen molar-refractivity contribution < 1.29 is 8.83 Å². The molecule has 0 spiro atoms. The van der Waals surface area contributed by atoms with Crippen LogP contribution in [0.3, 0.4) is 0 Å². The van der Waals surface area contributed by atoms with Crippen LogP contribution >= 0.6 is 0 Å². The molecule has 0 amide bonds. The number of benzene rings is 2. The van der Waals surface area contributed by atoms with Gasteiger partial charge in [0.2, 0.25) is 11.8 Å². The number of fused-ring (bicyclic) bond motifs is 2. The van der Waals surface area contributed by atoms with Crippen molar-refractivity contribution >= 4 is 21.9 Å². The van der Waals surface area contributed by atoms with Crippen LogP contribution < -0.4 is 0 Å². The molecular formula is C29H31N5O2. The molecule has 2 fully saturated rings. The van der Waals surface area contributed by atoms with Gasteiger partial charge in [-0.3, -0.25) is 5.10 Å². The molecule has 184 valence electrons. The smallest absolute Gasteiger partial charge is 0.247 e. The summed E-state index contributed by atoms with van der Waals surface area (Å²) in [4.78, 5) is 2.63. The van der Waals surface area contributed by atoms with E-state index in [4.69, 9.17) is 8.83 Å². The number of aromatic nitrogens is 4. The maximum absolute atomic E-state index is 6.27. The molecule has 5 aromatic rings. The van der Waals surface area contributed by atoms with Gasteiger partial charge in [0.25, 0.3) is 0 Å². The molecule has 1 N–H and O–H groups in total.